The van der Waals surface area contributed by atoms with E-state index in [0.717, 1.165) is 77.1 Å². The van der Waals surface area contributed by atoms with E-state index in [4.69, 9.17) is 14.7 Å². The first-order chi connectivity index (χ1) is 20.2. The molecule has 2 aromatic carbocycles. The van der Waals surface area contributed by atoms with Gasteiger partial charge in [-0.25, -0.2) is 9.97 Å². The average Bonchev–Trinajstić information content (AvgIpc) is 3.69. The van der Waals surface area contributed by atoms with Crippen molar-refractivity contribution in [3.63, 3.8) is 0 Å². The molecule has 0 atom stereocenters. The van der Waals surface area contributed by atoms with Crippen LogP contribution in [-0.2, 0) is 9.53 Å². The van der Waals surface area contributed by atoms with Crippen LogP contribution in [0.5, 0.6) is 0 Å². The summed E-state index contributed by atoms with van der Waals surface area (Å²) < 4.78 is 6.73. The number of carbonyl (C=O) groups is 1. The Bertz CT molecular complexity index is 1710. The second kappa shape index (κ2) is 10.9. The number of fused-ring (bicyclic) bond motifs is 2. The van der Waals surface area contributed by atoms with Gasteiger partial charge in [0.2, 0.25) is 5.91 Å². The highest BCUT2D eigenvalue weighted by atomic mass is 32.1. The van der Waals surface area contributed by atoms with Crippen LogP contribution < -0.4 is 15.1 Å². The van der Waals surface area contributed by atoms with Gasteiger partial charge in [-0.3, -0.25) is 9.89 Å². The van der Waals surface area contributed by atoms with Gasteiger partial charge >= 0.3 is 0 Å². The number of thiophene rings is 1. The van der Waals surface area contributed by atoms with Crippen LogP contribution in [-0.4, -0.2) is 71.5 Å². The van der Waals surface area contributed by atoms with Crippen LogP contribution in [0.3, 0.4) is 0 Å². The van der Waals surface area contributed by atoms with Crippen LogP contribution in [0, 0.1) is 0 Å². The van der Waals surface area contributed by atoms with Gasteiger partial charge in [0.15, 0.2) is 11.6 Å². The predicted octanol–water partition coefficient (Wildman–Crippen LogP) is 5.01. The number of anilines is 2. The van der Waals surface area contributed by atoms with E-state index < -0.39 is 0 Å². The molecule has 2 N–H and O–H groups in total. The zero-order valence-corrected chi connectivity index (χ0v) is 23.5. The number of aromatic nitrogens is 4. The molecule has 5 heterocycles. The Kier molecular flexibility index (Phi) is 6.85. The summed E-state index contributed by atoms with van der Waals surface area (Å²) in [5, 5.41) is 11.3. The van der Waals surface area contributed by atoms with Crippen LogP contribution in [0.1, 0.15) is 12.8 Å². The lowest BCUT2D eigenvalue weighted by Crippen LogP contribution is -2.44. The Balaban J connectivity index is 1.19. The van der Waals surface area contributed by atoms with Crippen LogP contribution in [0.2, 0.25) is 0 Å². The van der Waals surface area contributed by atoms with Gasteiger partial charge in [-0.2, -0.15) is 5.10 Å². The van der Waals surface area contributed by atoms with Crippen molar-refractivity contribution in [1.29, 1.82) is 0 Å². The minimum absolute atomic E-state index is 0.0942. The van der Waals surface area contributed by atoms with Gasteiger partial charge in [-0.05, 0) is 48.7 Å². The third kappa shape index (κ3) is 5.05. The molecule has 0 saturated carbocycles. The van der Waals surface area contributed by atoms with Crippen molar-refractivity contribution < 1.29 is 9.53 Å². The van der Waals surface area contributed by atoms with E-state index in [1.807, 2.05) is 18.3 Å². The Labute approximate surface area is 241 Å². The normalized spacial score (nSPS) is 16.4. The minimum atomic E-state index is -0.0942. The molecule has 0 bridgehead atoms. The van der Waals surface area contributed by atoms with Crippen molar-refractivity contribution in [2.45, 2.75) is 18.9 Å². The highest BCUT2D eigenvalue weighted by molar-refractivity contribution is 7.22. The van der Waals surface area contributed by atoms with Crippen molar-refractivity contribution >= 4 is 49.9 Å². The number of hydrogen-bond acceptors (Lipinski definition) is 8. The topological polar surface area (TPSA) is 99.3 Å². The van der Waals surface area contributed by atoms with Crippen molar-refractivity contribution in [2.75, 3.05) is 49.2 Å². The van der Waals surface area contributed by atoms with Gasteiger partial charge < -0.3 is 19.9 Å². The van der Waals surface area contributed by atoms with E-state index in [1.54, 1.807) is 11.3 Å². The lowest BCUT2D eigenvalue weighted by Gasteiger charge is -2.33. The number of hydrogen-bond donors (Lipinski definition) is 2. The number of amides is 1. The maximum atomic E-state index is 11.6. The summed E-state index contributed by atoms with van der Waals surface area (Å²) in [5.74, 6) is 1.58. The molecular weight excluding hydrogens is 534 g/mol. The molecule has 2 fully saturated rings. The summed E-state index contributed by atoms with van der Waals surface area (Å²) in [7, 11) is 0. The average molecular weight is 566 g/mol. The van der Waals surface area contributed by atoms with Crippen LogP contribution >= 0.6 is 11.3 Å². The van der Waals surface area contributed by atoms with Gasteiger partial charge in [-0.1, -0.05) is 30.8 Å². The molecule has 7 rings (SSSR count). The molecule has 3 aromatic heterocycles. The number of rotatable bonds is 6. The van der Waals surface area contributed by atoms with E-state index in [9.17, 15) is 4.79 Å². The highest BCUT2D eigenvalue weighted by Gasteiger charge is 2.23. The Hall–Kier alpha value is -4.28. The number of nitrogens with one attached hydrogen (secondary N) is 2. The molecule has 0 spiro atoms. The highest BCUT2D eigenvalue weighted by Crippen LogP contribution is 2.40. The zero-order chi connectivity index (χ0) is 27.8. The molecular formula is C31H31N7O2S. The number of aromatic amines is 1. The quantitative estimate of drug-likeness (QED) is 0.279. The number of piperidine rings is 1. The Morgan fingerprint density at radius 1 is 1.05 bits per heavy atom. The zero-order valence-electron chi connectivity index (χ0n) is 22.7. The molecule has 0 unspecified atom stereocenters. The van der Waals surface area contributed by atoms with Gasteiger partial charge in [0, 0.05) is 53.7 Å². The van der Waals surface area contributed by atoms with Gasteiger partial charge in [0.1, 0.15) is 0 Å². The second-order valence-corrected chi connectivity index (χ2v) is 11.5. The molecule has 1 amide bonds. The molecule has 5 aromatic rings. The van der Waals surface area contributed by atoms with Crippen molar-refractivity contribution in [3.8, 4) is 21.8 Å². The summed E-state index contributed by atoms with van der Waals surface area (Å²) in [5.41, 5.74) is 5.25. The monoisotopic (exact) mass is 565 g/mol. The summed E-state index contributed by atoms with van der Waals surface area (Å²) in [6.07, 6.45) is 5.04. The summed E-state index contributed by atoms with van der Waals surface area (Å²) >= 11 is 1.74. The molecule has 41 heavy (non-hydrogen) atoms. The van der Waals surface area contributed by atoms with Crippen LogP contribution in [0.4, 0.5) is 11.5 Å². The standard InChI is InChI=1S/C31H31N7O2S/c1-2-28(39)33-21-10-12-37(13-11-21)22-8-6-20(7-9-22)27-18-26-29(41-27)31(38-14-16-40-17-15-38)35-30(34-26)23-4-3-5-25-24(23)19-32-36-25/h2-9,18-19,21H,1,10-17H2,(H,32,36)(H,33,39). The fourth-order valence-electron chi connectivity index (χ4n) is 5.71. The fourth-order valence-corrected chi connectivity index (χ4v) is 6.83. The first-order valence-corrected chi connectivity index (χ1v) is 14.8. The number of benzene rings is 2. The summed E-state index contributed by atoms with van der Waals surface area (Å²) in [6.45, 7) is 8.36. The molecule has 2 aliphatic heterocycles. The fraction of sp³-hybridized carbons (Fsp3) is 0.290. The summed E-state index contributed by atoms with van der Waals surface area (Å²) in [4.78, 5) is 27.7. The van der Waals surface area contributed by atoms with Gasteiger partial charge in [0.05, 0.1) is 35.1 Å². The van der Waals surface area contributed by atoms with E-state index in [1.165, 1.54) is 16.6 Å². The van der Waals surface area contributed by atoms with Crippen LogP contribution in [0.25, 0.3) is 42.9 Å². The summed E-state index contributed by atoms with van der Waals surface area (Å²) in [6, 6.07) is 17.3. The minimum Gasteiger partial charge on any atom is -0.378 e. The lowest BCUT2D eigenvalue weighted by atomic mass is 10.0. The molecule has 0 aliphatic carbocycles. The van der Waals surface area contributed by atoms with E-state index in [2.05, 4.69) is 68.3 Å². The van der Waals surface area contributed by atoms with Crippen LogP contribution in [0.15, 0.2) is 67.4 Å². The van der Waals surface area contributed by atoms with E-state index in [0.29, 0.717) is 19.0 Å². The maximum Gasteiger partial charge on any atom is 0.243 e. The maximum absolute atomic E-state index is 11.6. The molecule has 2 saturated heterocycles. The predicted molar refractivity (Wildman–Crippen MR) is 165 cm³/mol. The largest absolute Gasteiger partial charge is 0.378 e. The Morgan fingerprint density at radius 3 is 2.63 bits per heavy atom. The number of nitrogens with zero attached hydrogens (tertiary/aromatic N) is 5. The first-order valence-electron chi connectivity index (χ1n) is 14.0. The molecule has 208 valence electrons. The number of morpholine rings is 1. The SMILES string of the molecule is C=CC(=O)NC1CCN(c2ccc(-c3cc4nc(-c5cccc6[nH]ncc56)nc(N5CCOCC5)c4s3)cc2)CC1. The smallest absolute Gasteiger partial charge is 0.243 e. The lowest BCUT2D eigenvalue weighted by molar-refractivity contribution is -0.117. The Morgan fingerprint density at radius 2 is 1.85 bits per heavy atom. The third-order valence-electron chi connectivity index (χ3n) is 7.93. The number of H-pyrrole nitrogens is 1. The molecule has 2 aliphatic rings. The molecule has 9 nitrogen and oxygen atoms in total. The van der Waals surface area contributed by atoms with Crippen molar-refractivity contribution in [3.05, 3.63) is 67.4 Å². The first kappa shape index (κ1) is 25.7. The van der Waals surface area contributed by atoms with E-state index >= 15 is 0 Å². The van der Waals surface area contributed by atoms with E-state index in [-0.39, 0.29) is 11.9 Å². The molecule has 0 radical (unpaired) electrons. The van der Waals surface area contributed by atoms with Crippen molar-refractivity contribution in [1.82, 2.24) is 25.5 Å². The van der Waals surface area contributed by atoms with Crippen molar-refractivity contribution in [2.24, 2.45) is 0 Å². The molecule has 10 heteroatoms. The second-order valence-electron chi connectivity index (χ2n) is 10.5. The third-order valence-corrected chi connectivity index (χ3v) is 9.10. The van der Waals surface area contributed by atoms with Gasteiger partial charge in [-0.15, -0.1) is 11.3 Å². The number of carbonyl (C=O) groups excluding carboxylic acids is 1. The van der Waals surface area contributed by atoms with Gasteiger partial charge in [0.25, 0.3) is 0 Å². The number of ether oxygens (including phenoxy) is 1.